The first-order valence-corrected chi connectivity index (χ1v) is 14.4. The van der Waals surface area contributed by atoms with E-state index in [1.807, 2.05) is 20.8 Å². The molecule has 39 heavy (non-hydrogen) atoms. The van der Waals surface area contributed by atoms with Gasteiger partial charge in [0.2, 0.25) is 11.8 Å². The lowest BCUT2D eigenvalue weighted by atomic mass is 10.1. The number of halogens is 2. The van der Waals surface area contributed by atoms with Gasteiger partial charge in [0.15, 0.2) is 0 Å². The van der Waals surface area contributed by atoms with Gasteiger partial charge in [-0.25, -0.2) is 12.8 Å². The fourth-order valence-corrected chi connectivity index (χ4v) is 5.39. The molecule has 0 radical (unpaired) electrons. The number of nitrogens with zero attached hydrogens (tertiary/aromatic N) is 2. The molecule has 0 bridgehead atoms. The number of nitrogens with one attached hydrogen (secondary N) is 1. The number of amides is 2. The summed E-state index contributed by atoms with van der Waals surface area (Å²) in [5, 5.41) is 3.38. The molecule has 208 valence electrons. The van der Waals surface area contributed by atoms with Crippen LogP contribution in [-0.2, 0) is 26.2 Å². The first-order valence-electron chi connectivity index (χ1n) is 12.6. The minimum atomic E-state index is -4.34. The Morgan fingerprint density at radius 2 is 1.59 bits per heavy atom. The highest BCUT2D eigenvalue weighted by Crippen LogP contribution is 2.27. The van der Waals surface area contributed by atoms with Crippen LogP contribution < -0.4 is 9.62 Å². The van der Waals surface area contributed by atoms with Gasteiger partial charge in [-0.05, 0) is 69.2 Å². The summed E-state index contributed by atoms with van der Waals surface area (Å²) in [4.78, 5) is 28.1. The van der Waals surface area contributed by atoms with Gasteiger partial charge in [0.05, 0.1) is 10.6 Å². The normalized spacial score (nSPS) is 12.9. The maximum atomic E-state index is 14.9. The molecule has 0 spiro atoms. The zero-order valence-electron chi connectivity index (χ0n) is 22.4. The Bertz CT molecular complexity index is 1400. The van der Waals surface area contributed by atoms with Crippen LogP contribution in [0.3, 0.4) is 0 Å². The number of hydrogen-bond acceptors (Lipinski definition) is 4. The van der Waals surface area contributed by atoms with Gasteiger partial charge in [0, 0.05) is 17.6 Å². The third-order valence-corrected chi connectivity index (χ3v) is 8.47. The molecule has 0 aromatic heterocycles. The van der Waals surface area contributed by atoms with Crippen molar-refractivity contribution in [1.82, 2.24) is 10.2 Å². The lowest BCUT2D eigenvalue weighted by Crippen LogP contribution is -2.52. The predicted molar refractivity (Wildman–Crippen MR) is 151 cm³/mol. The van der Waals surface area contributed by atoms with Gasteiger partial charge in [0.1, 0.15) is 18.4 Å². The second-order valence-corrected chi connectivity index (χ2v) is 11.7. The fraction of sp³-hybridized carbons (Fsp3) is 0.310. The molecule has 0 aliphatic rings. The van der Waals surface area contributed by atoms with Crippen LogP contribution in [0.25, 0.3) is 0 Å². The number of carbonyl (C=O) groups excluding carboxylic acids is 2. The van der Waals surface area contributed by atoms with Crippen LogP contribution in [0.2, 0.25) is 5.02 Å². The minimum absolute atomic E-state index is 0.0147. The SMILES string of the molecule is CC[C@H](C)NC(=O)[C@@H](C)N(Cc1ccc(Cl)cc1)C(=O)CN(c1ccccc1F)S(=O)(=O)c1ccc(C)cc1. The van der Waals surface area contributed by atoms with Crippen molar-refractivity contribution < 1.29 is 22.4 Å². The fourth-order valence-electron chi connectivity index (χ4n) is 3.84. The van der Waals surface area contributed by atoms with Crippen LogP contribution in [0, 0.1) is 12.7 Å². The van der Waals surface area contributed by atoms with Crippen molar-refractivity contribution in [2.45, 2.75) is 57.6 Å². The molecular weight excluding hydrogens is 541 g/mol. The van der Waals surface area contributed by atoms with Crippen molar-refractivity contribution in [2.75, 3.05) is 10.8 Å². The molecule has 3 aromatic carbocycles. The van der Waals surface area contributed by atoms with Gasteiger partial charge in [-0.3, -0.25) is 13.9 Å². The topological polar surface area (TPSA) is 86.8 Å². The number of rotatable bonds is 11. The largest absolute Gasteiger partial charge is 0.352 e. The molecule has 2 amide bonds. The van der Waals surface area contributed by atoms with Crippen LogP contribution in [-0.4, -0.2) is 43.8 Å². The standard InChI is InChI=1S/C29H33ClFN3O4S/c1-5-21(3)32-29(36)22(4)33(18-23-12-14-24(30)15-13-23)28(35)19-34(27-9-7-6-8-26(27)31)39(37,38)25-16-10-20(2)11-17-25/h6-17,21-22H,5,18-19H2,1-4H3,(H,32,36)/t21-,22+/m0/s1. The molecule has 3 rings (SSSR count). The predicted octanol–water partition coefficient (Wildman–Crippen LogP) is 5.31. The smallest absolute Gasteiger partial charge is 0.264 e. The molecule has 2 atom stereocenters. The average Bonchev–Trinajstić information content (AvgIpc) is 2.91. The van der Waals surface area contributed by atoms with Gasteiger partial charge in [-0.1, -0.05) is 60.5 Å². The highest BCUT2D eigenvalue weighted by molar-refractivity contribution is 7.92. The van der Waals surface area contributed by atoms with Crippen molar-refractivity contribution in [2.24, 2.45) is 0 Å². The van der Waals surface area contributed by atoms with E-state index in [4.69, 9.17) is 11.6 Å². The molecule has 1 N–H and O–H groups in total. The van der Waals surface area contributed by atoms with Crippen molar-refractivity contribution in [3.8, 4) is 0 Å². The molecule has 0 aliphatic heterocycles. The number of para-hydroxylation sites is 1. The van der Waals surface area contributed by atoms with E-state index in [0.717, 1.165) is 15.9 Å². The van der Waals surface area contributed by atoms with E-state index >= 15 is 0 Å². The number of carbonyl (C=O) groups is 2. The van der Waals surface area contributed by atoms with Gasteiger partial charge < -0.3 is 10.2 Å². The van der Waals surface area contributed by atoms with Gasteiger partial charge >= 0.3 is 0 Å². The lowest BCUT2D eigenvalue weighted by molar-refractivity contribution is -0.139. The van der Waals surface area contributed by atoms with E-state index < -0.39 is 34.3 Å². The van der Waals surface area contributed by atoms with E-state index in [9.17, 15) is 22.4 Å². The van der Waals surface area contributed by atoms with E-state index in [1.165, 1.54) is 35.2 Å². The Kier molecular flexibility index (Phi) is 10.1. The number of aryl methyl sites for hydroxylation is 1. The Hall–Kier alpha value is -3.43. The van der Waals surface area contributed by atoms with Crippen molar-refractivity contribution in [3.63, 3.8) is 0 Å². The third kappa shape index (κ3) is 7.58. The van der Waals surface area contributed by atoms with Crippen molar-refractivity contribution in [3.05, 3.63) is 94.8 Å². The van der Waals surface area contributed by atoms with Gasteiger partial charge in [0.25, 0.3) is 10.0 Å². The number of sulfonamides is 1. The Morgan fingerprint density at radius 3 is 2.18 bits per heavy atom. The van der Waals surface area contributed by atoms with Crippen LogP contribution in [0.1, 0.15) is 38.3 Å². The Balaban J connectivity index is 2.03. The summed E-state index contributed by atoms with van der Waals surface area (Å²) < 4.78 is 43.2. The van der Waals surface area contributed by atoms with Crippen molar-refractivity contribution in [1.29, 1.82) is 0 Å². The van der Waals surface area contributed by atoms with E-state index in [1.54, 1.807) is 43.3 Å². The van der Waals surface area contributed by atoms with Gasteiger partial charge in [-0.15, -0.1) is 0 Å². The molecule has 0 unspecified atom stereocenters. The molecule has 0 saturated carbocycles. The summed E-state index contributed by atoms with van der Waals surface area (Å²) in [5.41, 5.74) is 1.27. The summed E-state index contributed by atoms with van der Waals surface area (Å²) in [6.07, 6.45) is 0.694. The van der Waals surface area contributed by atoms with E-state index in [2.05, 4.69) is 5.32 Å². The van der Waals surface area contributed by atoms with Gasteiger partial charge in [-0.2, -0.15) is 0 Å². The Labute approximate surface area is 234 Å². The van der Waals surface area contributed by atoms with Crippen molar-refractivity contribution >= 4 is 39.1 Å². The van der Waals surface area contributed by atoms with Crippen LogP contribution in [0.4, 0.5) is 10.1 Å². The Morgan fingerprint density at radius 1 is 0.974 bits per heavy atom. The maximum absolute atomic E-state index is 14.9. The second kappa shape index (κ2) is 13.1. The molecule has 3 aromatic rings. The molecule has 7 nitrogen and oxygen atoms in total. The molecule has 10 heteroatoms. The number of benzene rings is 3. The summed E-state index contributed by atoms with van der Waals surface area (Å²) in [6, 6.07) is 17.2. The molecule has 0 fully saturated rings. The first kappa shape index (κ1) is 30.1. The third-order valence-electron chi connectivity index (χ3n) is 6.44. The summed E-state index contributed by atoms with van der Waals surface area (Å²) in [6.45, 7) is 6.47. The first-order chi connectivity index (χ1) is 18.4. The molecule has 0 heterocycles. The van der Waals surface area contributed by atoms with E-state index in [0.29, 0.717) is 17.0 Å². The highest BCUT2D eigenvalue weighted by Gasteiger charge is 2.33. The molecular formula is C29H33ClFN3O4S. The van der Waals surface area contributed by atoms with Crippen LogP contribution in [0.15, 0.2) is 77.7 Å². The van der Waals surface area contributed by atoms with Crippen LogP contribution in [0.5, 0.6) is 0 Å². The maximum Gasteiger partial charge on any atom is 0.264 e. The summed E-state index contributed by atoms with van der Waals surface area (Å²) in [5.74, 6) is -1.85. The number of hydrogen-bond donors (Lipinski definition) is 1. The summed E-state index contributed by atoms with van der Waals surface area (Å²) in [7, 11) is -4.34. The lowest BCUT2D eigenvalue weighted by Gasteiger charge is -2.32. The van der Waals surface area contributed by atoms with E-state index in [-0.39, 0.29) is 29.1 Å². The minimum Gasteiger partial charge on any atom is -0.352 e. The molecule has 0 aliphatic carbocycles. The zero-order valence-corrected chi connectivity index (χ0v) is 24.0. The molecule has 0 saturated heterocycles. The quantitative estimate of drug-likeness (QED) is 0.337. The highest BCUT2D eigenvalue weighted by atomic mass is 35.5. The van der Waals surface area contributed by atoms with Crippen LogP contribution >= 0.6 is 11.6 Å². The monoisotopic (exact) mass is 573 g/mol. The second-order valence-electron chi connectivity index (χ2n) is 9.42. The summed E-state index contributed by atoms with van der Waals surface area (Å²) >= 11 is 6.01. The number of anilines is 1. The zero-order chi connectivity index (χ0) is 28.7. The average molecular weight is 574 g/mol.